The molecule has 2 aromatic heterocycles. The monoisotopic (exact) mass is 376 g/mol. The van der Waals surface area contributed by atoms with Gasteiger partial charge in [0.1, 0.15) is 11.9 Å². The molecule has 0 spiro atoms. The molecule has 0 amide bonds. The second-order valence-corrected chi connectivity index (χ2v) is 6.33. The SMILES string of the molecule is COc1ccccc1C1NC(=NCc2ccccn2)Nc2nc(C)cc(=O)n21. The number of hydrogen-bond acceptors (Lipinski definition) is 5. The Hall–Kier alpha value is -3.68. The number of nitrogens with one attached hydrogen (secondary N) is 2. The Bertz CT molecular complexity index is 1080. The highest BCUT2D eigenvalue weighted by molar-refractivity contribution is 5.93. The lowest BCUT2D eigenvalue weighted by Gasteiger charge is -2.31. The molecule has 0 radical (unpaired) electrons. The number of aliphatic imine (C=N–C) groups is 1. The molecule has 0 fully saturated rings. The van der Waals surface area contributed by atoms with Crippen molar-refractivity contribution in [1.29, 1.82) is 0 Å². The van der Waals surface area contributed by atoms with Gasteiger partial charge in [-0.15, -0.1) is 0 Å². The molecule has 4 rings (SSSR count). The maximum absolute atomic E-state index is 12.7. The van der Waals surface area contributed by atoms with Gasteiger partial charge >= 0.3 is 0 Å². The summed E-state index contributed by atoms with van der Waals surface area (Å²) in [6, 6.07) is 14.7. The van der Waals surface area contributed by atoms with Crippen LogP contribution in [0.2, 0.25) is 0 Å². The number of nitrogens with zero attached hydrogens (tertiary/aromatic N) is 4. The molecule has 0 saturated carbocycles. The average molecular weight is 376 g/mol. The Kier molecular flexibility index (Phi) is 4.76. The molecule has 1 atom stereocenters. The second-order valence-electron chi connectivity index (χ2n) is 6.33. The number of aryl methyl sites for hydroxylation is 1. The molecule has 0 bridgehead atoms. The van der Waals surface area contributed by atoms with Crippen molar-refractivity contribution in [2.75, 3.05) is 12.4 Å². The Morgan fingerprint density at radius 3 is 2.82 bits per heavy atom. The van der Waals surface area contributed by atoms with Crippen LogP contribution in [0.15, 0.2) is 64.5 Å². The van der Waals surface area contributed by atoms with E-state index in [1.165, 1.54) is 6.07 Å². The van der Waals surface area contributed by atoms with E-state index in [1.54, 1.807) is 24.8 Å². The van der Waals surface area contributed by atoms with E-state index >= 15 is 0 Å². The Labute approximate surface area is 162 Å². The van der Waals surface area contributed by atoms with Gasteiger partial charge in [0.25, 0.3) is 5.56 Å². The second kappa shape index (κ2) is 7.51. The fourth-order valence-electron chi connectivity index (χ4n) is 3.13. The largest absolute Gasteiger partial charge is 0.496 e. The topological polar surface area (TPSA) is 93.4 Å². The molecule has 142 valence electrons. The minimum absolute atomic E-state index is 0.165. The van der Waals surface area contributed by atoms with E-state index in [-0.39, 0.29) is 5.56 Å². The van der Waals surface area contributed by atoms with Gasteiger partial charge in [-0.05, 0) is 25.1 Å². The van der Waals surface area contributed by atoms with Gasteiger partial charge in [-0.2, -0.15) is 0 Å². The Morgan fingerprint density at radius 2 is 2.04 bits per heavy atom. The van der Waals surface area contributed by atoms with Gasteiger partial charge in [-0.25, -0.2) is 9.98 Å². The predicted molar refractivity (Wildman–Crippen MR) is 107 cm³/mol. The third-order valence-electron chi connectivity index (χ3n) is 4.40. The highest BCUT2D eigenvalue weighted by atomic mass is 16.5. The molecule has 0 saturated heterocycles. The summed E-state index contributed by atoms with van der Waals surface area (Å²) in [5, 5.41) is 6.39. The lowest BCUT2D eigenvalue weighted by molar-refractivity contribution is 0.395. The number of anilines is 1. The lowest BCUT2D eigenvalue weighted by Crippen LogP contribution is -2.48. The van der Waals surface area contributed by atoms with Crippen LogP contribution >= 0.6 is 0 Å². The molecule has 8 heteroatoms. The first kappa shape index (κ1) is 17.7. The van der Waals surface area contributed by atoms with Crippen LogP contribution in [-0.2, 0) is 6.54 Å². The molecule has 1 unspecified atom stereocenters. The number of guanidine groups is 1. The number of hydrogen-bond donors (Lipinski definition) is 2. The minimum atomic E-state index is -0.504. The molecule has 0 aliphatic carbocycles. The zero-order valence-electron chi connectivity index (χ0n) is 15.6. The van der Waals surface area contributed by atoms with Crippen molar-refractivity contribution in [1.82, 2.24) is 19.9 Å². The van der Waals surface area contributed by atoms with Gasteiger partial charge in [0.15, 0.2) is 5.96 Å². The van der Waals surface area contributed by atoms with Crippen LogP contribution in [0.4, 0.5) is 5.95 Å². The number of fused-ring (bicyclic) bond motifs is 1. The Balaban J connectivity index is 1.77. The molecule has 3 heterocycles. The average Bonchev–Trinajstić information content (AvgIpc) is 2.72. The fraction of sp³-hybridized carbons (Fsp3) is 0.200. The molecule has 1 aliphatic rings. The summed E-state index contributed by atoms with van der Waals surface area (Å²) in [7, 11) is 1.60. The molecule has 1 aromatic carbocycles. The summed E-state index contributed by atoms with van der Waals surface area (Å²) < 4.78 is 7.06. The van der Waals surface area contributed by atoms with Crippen LogP contribution in [0.25, 0.3) is 0 Å². The van der Waals surface area contributed by atoms with Gasteiger partial charge in [-0.1, -0.05) is 24.3 Å². The molecule has 2 N–H and O–H groups in total. The third-order valence-corrected chi connectivity index (χ3v) is 4.40. The number of rotatable bonds is 4. The fourth-order valence-corrected chi connectivity index (χ4v) is 3.13. The number of methoxy groups -OCH3 is 1. The standard InChI is InChI=1S/C20H20N6O2/c1-13-11-17(27)26-18(15-8-3-4-9-16(15)28-2)24-19(25-20(26)23-13)22-12-14-7-5-6-10-21-14/h3-11,18H,12H2,1-2H3,(H2,22,23,24,25). The third kappa shape index (κ3) is 3.44. The van der Waals surface area contributed by atoms with Crippen molar-refractivity contribution in [2.45, 2.75) is 19.6 Å². The van der Waals surface area contributed by atoms with Crippen LogP contribution in [0.1, 0.15) is 23.1 Å². The van der Waals surface area contributed by atoms with E-state index in [0.29, 0.717) is 29.9 Å². The first-order valence-electron chi connectivity index (χ1n) is 8.87. The molecule has 1 aliphatic heterocycles. The van der Waals surface area contributed by atoms with Gasteiger partial charge < -0.3 is 10.1 Å². The van der Waals surface area contributed by atoms with E-state index in [4.69, 9.17) is 4.74 Å². The smallest absolute Gasteiger partial charge is 0.257 e. The van der Waals surface area contributed by atoms with Crippen molar-refractivity contribution in [3.05, 3.63) is 82.0 Å². The summed E-state index contributed by atoms with van der Waals surface area (Å²) in [4.78, 5) is 26.1. The molecule has 8 nitrogen and oxygen atoms in total. The minimum Gasteiger partial charge on any atom is -0.496 e. The van der Waals surface area contributed by atoms with Gasteiger partial charge in [-0.3, -0.25) is 19.7 Å². The van der Waals surface area contributed by atoms with Crippen molar-refractivity contribution in [2.24, 2.45) is 4.99 Å². The lowest BCUT2D eigenvalue weighted by atomic mass is 10.1. The van der Waals surface area contributed by atoms with Crippen LogP contribution in [0.3, 0.4) is 0 Å². The molecular formula is C20H20N6O2. The van der Waals surface area contributed by atoms with Gasteiger partial charge in [0, 0.05) is 23.5 Å². The van der Waals surface area contributed by atoms with E-state index in [9.17, 15) is 4.79 Å². The van der Waals surface area contributed by atoms with Gasteiger partial charge in [0.05, 0.1) is 19.3 Å². The van der Waals surface area contributed by atoms with Crippen LogP contribution in [0.5, 0.6) is 5.75 Å². The van der Waals surface area contributed by atoms with E-state index in [1.807, 2.05) is 42.5 Å². The number of para-hydroxylation sites is 1. The first-order valence-corrected chi connectivity index (χ1v) is 8.87. The summed E-state index contributed by atoms with van der Waals surface area (Å²) >= 11 is 0. The normalized spacial score (nSPS) is 16.8. The number of pyridine rings is 1. The van der Waals surface area contributed by atoms with Crippen molar-refractivity contribution < 1.29 is 4.74 Å². The number of benzene rings is 1. The first-order chi connectivity index (χ1) is 13.7. The van der Waals surface area contributed by atoms with Crippen molar-refractivity contribution >= 4 is 11.9 Å². The van der Waals surface area contributed by atoms with Crippen LogP contribution in [0, 0.1) is 6.92 Å². The zero-order valence-corrected chi connectivity index (χ0v) is 15.6. The van der Waals surface area contributed by atoms with E-state index in [0.717, 1.165) is 11.3 Å². The zero-order chi connectivity index (χ0) is 19.5. The maximum Gasteiger partial charge on any atom is 0.257 e. The van der Waals surface area contributed by atoms with Crippen LogP contribution in [-0.4, -0.2) is 27.6 Å². The number of aromatic nitrogens is 3. The number of ether oxygens (including phenoxy) is 1. The van der Waals surface area contributed by atoms with Crippen molar-refractivity contribution in [3.63, 3.8) is 0 Å². The molecular weight excluding hydrogens is 356 g/mol. The van der Waals surface area contributed by atoms with E-state index < -0.39 is 6.17 Å². The molecule has 3 aromatic rings. The summed E-state index contributed by atoms with van der Waals surface area (Å²) in [5.74, 6) is 1.61. The predicted octanol–water partition coefficient (Wildman–Crippen LogP) is 2.07. The molecule has 28 heavy (non-hydrogen) atoms. The Morgan fingerprint density at radius 1 is 1.21 bits per heavy atom. The summed E-state index contributed by atoms with van der Waals surface area (Å²) in [6.45, 7) is 2.18. The highest BCUT2D eigenvalue weighted by Gasteiger charge is 2.28. The van der Waals surface area contributed by atoms with Gasteiger partial charge in [0.2, 0.25) is 5.95 Å². The van der Waals surface area contributed by atoms with E-state index in [2.05, 4.69) is 25.6 Å². The van der Waals surface area contributed by atoms with Crippen molar-refractivity contribution in [3.8, 4) is 5.75 Å². The summed E-state index contributed by atoms with van der Waals surface area (Å²) in [5.41, 5.74) is 2.12. The quantitative estimate of drug-likeness (QED) is 0.724. The highest BCUT2D eigenvalue weighted by Crippen LogP contribution is 2.28. The maximum atomic E-state index is 12.7. The van der Waals surface area contributed by atoms with Crippen LogP contribution < -0.4 is 20.9 Å². The summed E-state index contributed by atoms with van der Waals surface area (Å²) in [6.07, 6.45) is 1.23.